The highest BCUT2D eigenvalue weighted by Gasteiger charge is 2.10. The minimum Gasteiger partial charge on any atom is -0.382 e. The zero-order chi connectivity index (χ0) is 12.1. The van der Waals surface area contributed by atoms with E-state index in [2.05, 4.69) is 11.2 Å². The summed E-state index contributed by atoms with van der Waals surface area (Å²) in [7, 11) is 0. The molecule has 0 radical (unpaired) electrons. The van der Waals surface area contributed by atoms with Crippen LogP contribution in [0.25, 0.3) is 0 Å². The average molecular weight is 218 g/mol. The minimum atomic E-state index is -0.385. The zero-order valence-electron chi connectivity index (χ0n) is 9.36. The molecule has 0 saturated carbocycles. The molecule has 1 aromatic rings. The average Bonchev–Trinajstić information content (AvgIpc) is 2.17. The fourth-order valence-electron chi connectivity index (χ4n) is 1.46. The van der Waals surface area contributed by atoms with Crippen molar-refractivity contribution in [2.45, 2.75) is 26.3 Å². The monoisotopic (exact) mass is 218 g/mol. The highest BCUT2D eigenvalue weighted by atomic mass is 16.6. The fourth-order valence-corrected chi connectivity index (χ4v) is 1.46. The van der Waals surface area contributed by atoms with E-state index in [1.807, 2.05) is 6.92 Å². The van der Waals surface area contributed by atoms with Crippen molar-refractivity contribution in [2.24, 2.45) is 0 Å². The van der Waals surface area contributed by atoms with E-state index in [-0.39, 0.29) is 16.7 Å². The van der Waals surface area contributed by atoms with Gasteiger partial charge in [0.05, 0.1) is 4.92 Å². The van der Waals surface area contributed by atoms with Gasteiger partial charge in [-0.3, -0.25) is 10.1 Å². The predicted octanol–water partition coefficient (Wildman–Crippen LogP) is 2.73. The van der Waals surface area contributed by atoms with Crippen LogP contribution in [0.15, 0.2) is 18.2 Å². The lowest BCUT2D eigenvalue weighted by atomic mass is 10.1. The first-order chi connectivity index (χ1) is 7.54. The molecule has 0 spiro atoms. The molecule has 0 aliphatic heterocycles. The van der Waals surface area contributed by atoms with Crippen LogP contribution in [0.1, 0.15) is 18.9 Å². The Balaban J connectivity index is 2.82. The second-order valence-corrected chi connectivity index (χ2v) is 3.71. The SMILES string of the molecule is C#CCC(C)Nc1ccc([N+](=O)[O-])c(C)c1. The first kappa shape index (κ1) is 12.1. The quantitative estimate of drug-likeness (QED) is 0.480. The predicted molar refractivity (Wildman–Crippen MR) is 64.4 cm³/mol. The lowest BCUT2D eigenvalue weighted by molar-refractivity contribution is -0.385. The summed E-state index contributed by atoms with van der Waals surface area (Å²) in [5.74, 6) is 2.56. The van der Waals surface area contributed by atoms with E-state index in [0.717, 1.165) is 5.69 Å². The van der Waals surface area contributed by atoms with Crippen LogP contribution < -0.4 is 5.32 Å². The number of hydrogen-bond donors (Lipinski definition) is 1. The summed E-state index contributed by atoms with van der Waals surface area (Å²) in [6.45, 7) is 3.69. The van der Waals surface area contributed by atoms with Gasteiger partial charge in [0.15, 0.2) is 0 Å². The van der Waals surface area contributed by atoms with Crippen LogP contribution in [-0.4, -0.2) is 11.0 Å². The number of terminal acetylenes is 1. The number of nitro benzene ring substituents is 1. The molecule has 1 atom stereocenters. The van der Waals surface area contributed by atoms with Crippen LogP contribution in [0.2, 0.25) is 0 Å². The van der Waals surface area contributed by atoms with Crippen LogP contribution >= 0.6 is 0 Å². The van der Waals surface area contributed by atoms with Crippen LogP contribution in [0, 0.1) is 29.4 Å². The summed E-state index contributed by atoms with van der Waals surface area (Å²) in [5.41, 5.74) is 1.63. The van der Waals surface area contributed by atoms with E-state index < -0.39 is 0 Å². The molecule has 0 amide bonds. The minimum absolute atomic E-state index is 0.134. The summed E-state index contributed by atoms with van der Waals surface area (Å²) in [6, 6.07) is 5.11. The van der Waals surface area contributed by atoms with Gasteiger partial charge in [-0.25, -0.2) is 0 Å². The van der Waals surface area contributed by atoms with E-state index in [0.29, 0.717) is 12.0 Å². The molecular weight excluding hydrogens is 204 g/mol. The number of hydrogen-bond acceptors (Lipinski definition) is 3. The number of anilines is 1. The van der Waals surface area contributed by atoms with Crippen molar-refractivity contribution in [2.75, 3.05) is 5.32 Å². The van der Waals surface area contributed by atoms with E-state index in [9.17, 15) is 10.1 Å². The third kappa shape index (κ3) is 2.99. The third-order valence-corrected chi connectivity index (χ3v) is 2.23. The van der Waals surface area contributed by atoms with Gasteiger partial charge in [0.2, 0.25) is 0 Å². The standard InChI is InChI=1S/C12H14N2O2/c1-4-5-10(3)13-11-6-7-12(14(15)16)9(2)8-11/h1,6-8,10,13H,5H2,2-3H3. The Labute approximate surface area is 94.8 Å². The van der Waals surface area contributed by atoms with Gasteiger partial charge >= 0.3 is 0 Å². The maximum Gasteiger partial charge on any atom is 0.272 e. The molecular formula is C12H14N2O2. The van der Waals surface area contributed by atoms with Gasteiger partial charge < -0.3 is 5.32 Å². The molecule has 0 aromatic heterocycles. The summed E-state index contributed by atoms with van der Waals surface area (Å²) < 4.78 is 0. The number of nitro groups is 1. The third-order valence-electron chi connectivity index (χ3n) is 2.23. The van der Waals surface area contributed by atoms with Crippen LogP contribution in [0.5, 0.6) is 0 Å². The topological polar surface area (TPSA) is 55.2 Å². The zero-order valence-corrected chi connectivity index (χ0v) is 9.36. The second kappa shape index (κ2) is 5.17. The molecule has 0 aliphatic carbocycles. The Kier molecular flexibility index (Phi) is 3.90. The summed E-state index contributed by atoms with van der Waals surface area (Å²) in [5, 5.41) is 13.8. The molecule has 4 nitrogen and oxygen atoms in total. The van der Waals surface area contributed by atoms with Gasteiger partial charge in [0.1, 0.15) is 0 Å². The van der Waals surface area contributed by atoms with Crippen molar-refractivity contribution in [3.8, 4) is 12.3 Å². The molecule has 4 heteroatoms. The van der Waals surface area contributed by atoms with Crippen LogP contribution in [0.3, 0.4) is 0 Å². The van der Waals surface area contributed by atoms with E-state index >= 15 is 0 Å². The maximum atomic E-state index is 10.6. The molecule has 84 valence electrons. The largest absolute Gasteiger partial charge is 0.382 e. The number of nitrogens with zero attached hydrogens (tertiary/aromatic N) is 1. The van der Waals surface area contributed by atoms with E-state index in [1.54, 1.807) is 19.1 Å². The Morgan fingerprint density at radius 1 is 1.62 bits per heavy atom. The van der Waals surface area contributed by atoms with Gasteiger partial charge in [0, 0.05) is 29.8 Å². The Morgan fingerprint density at radius 3 is 2.81 bits per heavy atom. The molecule has 0 heterocycles. The van der Waals surface area contributed by atoms with E-state index in [4.69, 9.17) is 6.42 Å². The molecule has 1 N–H and O–H groups in total. The van der Waals surface area contributed by atoms with Gasteiger partial charge in [-0.1, -0.05) is 0 Å². The molecule has 1 aromatic carbocycles. The lowest BCUT2D eigenvalue weighted by Crippen LogP contribution is -2.14. The van der Waals surface area contributed by atoms with Crippen molar-refractivity contribution in [1.82, 2.24) is 0 Å². The van der Waals surface area contributed by atoms with Gasteiger partial charge in [-0.2, -0.15) is 0 Å². The Bertz CT molecular complexity index is 435. The first-order valence-electron chi connectivity index (χ1n) is 4.99. The normalized spacial score (nSPS) is 11.6. The first-order valence-corrected chi connectivity index (χ1v) is 4.99. The van der Waals surface area contributed by atoms with Crippen LogP contribution in [0.4, 0.5) is 11.4 Å². The highest BCUT2D eigenvalue weighted by molar-refractivity contribution is 5.54. The summed E-state index contributed by atoms with van der Waals surface area (Å²) in [6.07, 6.45) is 5.82. The van der Waals surface area contributed by atoms with Gasteiger partial charge in [-0.15, -0.1) is 12.3 Å². The van der Waals surface area contributed by atoms with Crippen molar-refractivity contribution in [1.29, 1.82) is 0 Å². The summed E-state index contributed by atoms with van der Waals surface area (Å²) in [4.78, 5) is 10.2. The highest BCUT2D eigenvalue weighted by Crippen LogP contribution is 2.22. The molecule has 16 heavy (non-hydrogen) atoms. The summed E-state index contributed by atoms with van der Waals surface area (Å²) >= 11 is 0. The smallest absolute Gasteiger partial charge is 0.272 e. The molecule has 0 bridgehead atoms. The molecule has 0 aliphatic rings. The van der Waals surface area contributed by atoms with Gasteiger partial charge in [-0.05, 0) is 26.0 Å². The number of rotatable bonds is 4. The van der Waals surface area contributed by atoms with Crippen molar-refractivity contribution < 1.29 is 4.92 Å². The van der Waals surface area contributed by atoms with Crippen molar-refractivity contribution in [3.63, 3.8) is 0 Å². The number of aryl methyl sites for hydroxylation is 1. The Hall–Kier alpha value is -2.02. The Morgan fingerprint density at radius 2 is 2.31 bits per heavy atom. The van der Waals surface area contributed by atoms with Gasteiger partial charge in [0.25, 0.3) is 5.69 Å². The maximum absolute atomic E-state index is 10.6. The number of benzene rings is 1. The van der Waals surface area contributed by atoms with E-state index in [1.165, 1.54) is 6.07 Å². The lowest BCUT2D eigenvalue weighted by Gasteiger charge is -2.12. The van der Waals surface area contributed by atoms with Crippen molar-refractivity contribution >= 4 is 11.4 Å². The second-order valence-electron chi connectivity index (χ2n) is 3.71. The molecule has 1 rings (SSSR count). The number of nitrogens with one attached hydrogen (secondary N) is 1. The molecule has 0 fully saturated rings. The van der Waals surface area contributed by atoms with Crippen LogP contribution in [-0.2, 0) is 0 Å². The molecule has 0 saturated heterocycles. The fraction of sp³-hybridized carbons (Fsp3) is 0.333. The molecule has 1 unspecified atom stereocenters. The van der Waals surface area contributed by atoms with Crippen molar-refractivity contribution in [3.05, 3.63) is 33.9 Å².